The van der Waals surface area contributed by atoms with Gasteiger partial charge in [-0.2, -0.15) is 0 Å². The zero-order valence-corrected chi connectivity index (χ0v) is 14.3. The zero-order chi connectivity index (χ0) is 17.8. The van der Waals surface area contributed by atoms with Gasteiger partial charge < -0.3 is 4.74 Å². The Morgan fingerprint density at radius 2 is 2.00 bits per heavy atom. The average molecular weight is 365 g/mol. The Bertz CT molecular complexity index is 661. The maximum absolute atomic E-state index is 13.7. The molecule has 24 heavy (non-hydrogen) atoms. The summed E-state index contributed by atoms with van der Waals surface area (Å²) in [4.78, 5) is 0. The fourth-order valence-corrected chi connectivity index (χ4v) is 4.13. The second-order valence-corrected chi connectivity index (χ2v) is 7.90. The van der Waals surface area contributed by atoms with Gasteiger partial charge in [0.1, 0.15) is 6.61 Å². The fourth-order valence-electron chi connectivity index (χ4n) is 2.53. The molecule has 136 valence electrons. The normalized spacial score (nSPS) is 16.4. The number of benzene rings is 1. The second kappa shape index (κ2) is 7.74. The predicted molar refractivity (Wildman–Crippen MR) is 85.3 cm³/mol. The lowest BCUT2D eigenvalue weighted by Crippen LogP contribution is -2.36. The number of alkyl halides is 2. The van der Waals surface area contributed by atoms with Crippen molar-refractivity contribution in [1.82, 2.24) is 4.72 Å². The van der Waals surface area contributed by atoms with Crippen LogP contribution in [0.5, 0.6) is 5.75 Å². The van der Waals surface area contributed by atoms with Gasteiger partial charge in [0.2, 0.25) is 10.0 Å². The van der Waals surface area contributed by atoms with Gasteiger partial charge in [0.15, 0.2) is 11.6 Å². The van der Waals surface area contributed by atoms with E-state index in [1.54, 1.807) is 0 Å². The van der Waals surface area contributed by atoms with E-state index in [1.807, 2.05) is 6.92 Å². The summed E-state index contributed by atoms with van der Waals surface area (Å²) in [5, 5.41) is 0. The minimum atomic E-state index is -3.45. The molecule has 0 heterocycles. The van der Waals surface area contributed by atoms with Crippen molar-refractivity contribution in [3.8, 4) is 5.75 Å². The lowest BCUT2D eigenvalue weighted by Gasteiger charge is -2.19. The molecule has 0 unspecified atom stereocenters. The Balaban J connectivity index is 2.11. The van der Waals surface area contributed by atoms with Crippen LogP contribution in [0.2, 0.25) is 0 Å². The molecule has 8 heteroatoms. The minimum Gasteiger partial charge on any atom is -0.485 e. The lowest BCUT2D eigenvalue weighted by atomic mass is 10.1. The molecule has 1 fully saturated rings. The van der Waals surface area contributed by atoms with Crippen molar-refractivity contribution in [2.45, 2.75) is 51.0 Å². The molecule has 0 radical (unpaired) electrons. The smallest absolute Gasteiger partial charge is 0.272 e. The number of rotatable bonds is 10. The number of sulfonamides is 1. The molecule has 0 saturated heterocycles. The van der Waals surface area contributed by atoms with Crippen molar-refractivity contribution in [3.63, 3.8) is 0 Å². The largest absolute Gasteiger partial charge is 0.485 e. The number of unbranched alkanes of at least 4 members (excludes halogenated alkanes) is 2. The summed E-state index contributed by atoms with van der Waals surface area (Å²) < 4.78 is 69.9. The van der Waals surface area contributed by atoms with E-state index in [2.05, 4.69) is 4.72 Å². The topological polar surface area (TPSA) is 55.4 Å². The molecule has 0 atom stereocenters. The maximum Gasteiger partial charge on any atom is 0.272 e. The molecule has 0 amide bonds. The van der Waals surface area contributed by atoms with Crippen molar-refractivity contribution in [2.75, 3.05) is 12.4 Å². The molecule has 0 spiro atoms. The van der Waals surface area contributed by atoms with Crippen LogP contribution in [0.4, 0.5) is 13.2 Å². The highest BCUT2D eigenvalue weighted by atomic mass is 32.2. The summed E-state index contributed by atoms with van der Waals surface area (Å²) >= 11 is 0. The summed E-state index contributed by atoms with van der Waals surface area (Å²) in [5.41, 5.74) is -0.242. The van der Waals surface area contributed by atoms with Gasteiger partial charge >= 0.3 is 0 Å². The van der Waals surface area contributed by atoms with Crippen LogP contribution in [-0.4, -0.2) is 27.2 Å². The van der Waals surface area contributed by atoms with Crippen molar-refractivity contribution in [1.29, 1.82) is 0 Å². The highest BCUT2D eigenvalue weighted by molar-refractivity contribution is 7.89. The highest BCUT2D eigenvalue weighted by Crippen LogP contribution is 2.47. The minimum absolute atomic E-state index is 0.0402. The maximum atomic E-state index is 13.7. The van der Waals surface area contributed by atoms with Crippen LogP contribution < -0.4 is 9.46 Å². The molecule has 2 rings (SSSR count). The van der Waals surface area contributed by atoms with Crippen molar-refractivity contribution in [3.05, 3.63) is 29.6 Å². The standard InChI is InChI=1S/C16H22F3NO3S/c1-2-3-4-9-24(21,22)20-16(7-8-16)12-5-6-13(17)14(10-12)23-11-15(18)19/h5-6,10,15,20H,2-4,7-9,11H2,1H3. The van der Waals surface area contributed by atoms with Gasteiger partial charge in [-0.1, -0.05) is 25.8 Å². The summed E-state index contributed by atoms with van der Waals surface area (Å²) in [6.07, 6.45) is 0.785. The quantitative estimate of drug-likeness (QED) is 0.645. The van der Waals surface area contributed by atoms with Crippen LogP contribution in [0, 0.1) is 5.82 Å². The fraction of sp³-hybridized carbons (Fsp3) is 0.625. The molecule has 1 aliphatic rings. The third kappa shape index (κ3) is 5.11. The Morgan fingerprint density at radius 1 is 1.29 bits per heavy atom. The number of ether oxygens (including phenoxy) is 1. The van der Waals surface area contributed by atoms with Crippen LogP contribution in [0.3, 0.4) is 0 Å². The molecule has 1 saturated carbocycles. The first-order valence-corrected chi connectivity index (χ1v) is 9.66. The molecule has 0 aromatic heterocycles. The molecule has 1 aromatic carbocycles. The first-order valence-electron chi connectivity index (χ1n) is 8.00. The van der Waals surface area contributed by atoms with Gasteiger partial charge in [-0.15, -0.1) is 0 Å². The number of hydrogen-bond donors (Lipinski definition) is 1. The first-order chi connectivity index (χ1) is 11.3. The van der Waals surface area contributed by atoms with Crippen LogP contribution in [0.25, 0.3) is 0 Å². The molecular formula is C16H22F3NO3S. The third-order valence-corrected chi connectivity index (χ3v) is 5.49. The van der Waals surface area contributed by atoms with E-state index >= 15 is 0 Å². The summed E-state index contributed by atoms with van der Waals surface area (Å²) in [5.74, 6) is -0.997. The van der Waals surface area contributed by atoms with Gasteiger partial charge in [-0.25, -0.2) is 26.3 Å². The van der Waals surface area contributed by atoms with Gasteiger partial charge in [0.05, 0.1) is 11.3 Å². The first kappa shape index (κ1) is 19.1. The molecule has 0 bridgehead atoms. The number of hydrogen-bond acceptors (Lipinski definition) is 3. The Morgan fingerprint density at radius 3 is 2.58 bits per heavy atom. The zero-order valence-electron chi connectivity index (χ0n) is 13.5. The molecule has 1 aromatic rings. The number of halogens is 3. The van der Waals surface area contributed by atoms with E-state index in [0.717, 1.165) is 18.9 Å². The van der Waals surface area contributed by atoms with Crippen LogP contribution >= 0.6 is 0 Å². The van der Waals surface area contributed by atoms with Crippen molar-refractivity contribution in [2.24, 2.45) is 0 Å². The summed E-state index contributed by atoms with van der Waals surface area (Å²) in [6.45, 7) is 1.08. The Kier molecular flexibility index (Phi) is 6.14. The molecule has 1 aliphatic carbocycles. The van der Waals surface area contributed by atoms with Crippen molar-refractivity contribution < 1.29 is 26.3 Å². The van der Waals surface area contributed by atoms with E-state index in [9.17, 15) is 21.6 Å². The number of nitrogens with one attached hydrogen (secondary N) is 1. The van der Waals surface area contributed by atoms with Gasteiger partial charge in [0.25, 0.3) is 6.43 Å². The van der Waals surface area contributed by atoms with Crippen LogP contribution in [-0.2, 0) is 15.6 Å². The molecule has 4 nitrogen and oxygen atoms in total. The van der Waals surface area contributed by atoms with Gasteiger partial charge in [0, 0.05) is 0 Å². The Hall–Kier alpha value is -1.28. The highest BCUT2D eigenvalue weighted by Gasteiger charge is 2.47. The summed E-state index contributed by atoms with van der Waals surface area (Å²) in [6, 6.07) is 3.88. The Labute approximate surface area is 140 Å². The molecule has 1 N–H and O–H groups in total. The molecule has 0 aliphatic heterocycles. The van der Waals surface area contributed by atoms with E-state index in [0.29, 0.717) is 24.8 Å². The SMILES string of the molecule is CCCCCS(=O)(=O)NC1(c2ccc(F)c(OCC(F)F)c2)CC1. The predicted octanol–water partition coefficient (Wildman–Crippen LogP) is 3.57. The molecular weight excluding hydrogens is 343 g/mol. The van der Waals surface area contributed by atoms with Crippen molar-refractivity contribution >= 4 is 10.0 Å². The monoisotopic (exact) mass is 365 g/mol. The summed E-state index contributed by atoms with van der Waals surface area (Å²) in [7, 11) is -3.45. The van der Waals surface area contributed by atoms with Gasteiger partial charge in [-0.3, -0.25) is 0 Å². The van der Waals surface area contributed by atoms with E-state index < -0.39 is 34.4 Å². The van der Waals surface area contributed by atoms with E-state index in [-0.39, 0.29) is 11.5 Å². The van der Waals surface area contributed by atoms with Crippen LogP contribution in [0.15, 0.2) is 18.2 Å². The average Bonchev–Trinajstić information content (AvgIpc) is 3.26. The van der Waals surface area contributed by atoms with E-state index in [4.69, 9.17) is 4.74 Å². The van der Waals surface area contributed by atoms with Gasteiger partial charge in [-0.05, 0) is 37.0 Å². The lowest BCUT2D eigenvalue weighted by molar-refractivity contribution is 0.0798. The van der Waals surface area contributed by atoms with Crippen LogP contribution in [0.1, 0.15) is 44.6 Å². The third-order valence-electron chi connectivity index (χ3n) is 3.97. The second-order valence-electron chi connectivity index (χ2n) is 6.06. The van der Waals surface area contributed by atoms with E-state index in [1.165, 1.54) is 12.1 Å².